The van der Waals surface area contributed by atoms with Crippen molar-refractivity contribution in [3.63, 3.8) is 0 Å². The highest BCUT2D eigenvalue weighted by atomic mass is 15.4. The third-order valence-electron chi connectivity index (χ3n) is 2.95. The molecule has 1 aliphatic rings. The molecule has 0 spiro atoms. The van der Waals surface area contributed by atoms with Crippen LogP contribution in [0.3, 0.4) is 0 Å². The van der Waals surface area contributed by atoms with Crippen molar-refractivity contribution in [1.82, 2.24) is 35.3 Å². The average Bonchev–Trinajstić information content (AvgIpc) is 3.01. The van der Waals surface area contributed by atoms with E-state index >= 15 is 0 Å². The van der Waals surface area contributed by atoms with E-state index in [1.54, 1.807) is 11.0 Å². The molecule has 0 aromatic carbocycles. The van der Waals surface area contributed by atoms with E-state index in [-0.39, 0.29) is 0 Å². The summed E-state index contributed by atoms with van der Waals surface area (Å²) in [6.45, 7) is 5.56. The van der Waals surface area contributed by atoms with Gasteiger partial charge in [0.05, 0.1) is 0 Å². The summed E-state index contributed by atoms with van der Waals surface area (Å²) in [5.74, 6) is 1.56. The van der Waals surface area contributed by atoms with Crippen molar-refractivity contribution >= 4 is 5.95 Å². The first kappa shape index (κ1) is 11.1. The zero-order chi connectivity index (χ0) is 12.4. The van der Waals surface area contributed by atoms with Crippen molar-refractivity contribution in [3.05, 3.63) is 18.5 Å². The number of nitrogens with one attached hydrogen (secondary N) is 2. The molecule has 1 aliphatic heterocycles. The van der Waals surface area contributed by atoms with Crippen LogP contribution >= 0.6 is 0 Å². The first-order chi connectivity index (χ1) is 8.81. The standard InChI is InChI=1S/C10H16N8/c1-8-4-17(3-2-12-8)10-14-9(15-16-10)5-18-7-11-6-13-18/h6-8,12H,2-5H2,1H3,(H,14,15,16)/t8-/m1/s1. The van der Waals surface area contributed by atoms with E-state index < -0.39 is 0 Å². The fraction of sp³-hybridized carbons (Fsp3) is 0.600. The van der Waals surface area contributed by atoms with E-state index in [0.717, 1.165) is 31.4 Å². The molecule has 2 N–H and O–H groups in total. The Hall–Kier alpha value is -1.96. The van der Waals surface area contributed by atoms with Gasteiger partial charge < -0.3 is 10.2 Å². The Balaban J connectivity index is 1.69. The molecular formula is C10H16N8. The summed E-state index contributed by atoms with van der Waals surface area (Å²) in [7, 11) is 0. The van der Waals surface area contributed by atoms with Crippen molar-refractivity contribution in [3.8, 4) is 0 Å². The quantitative estimate of drug-likeness (QED) is 0.742. The maximum absolute atomic E-state index is 4.49. The lowest BCUT2D eigenvalue weighted by molar-refractivity contribution is 0.479. The van der Waals surface area contributed by atoms with E-state index in [2.05, 4.69) is 42.4 Å². The molecule has 8 heteroatoms. The fourth-order valence-corrected chi connectivity index (χ4v) is 2.08. The van der Waals surface area contributed by atoms with Crippen LogP contribution in [0.25, 0.3) is 0 Å². The Bertz CT molecular complexity index is 490. The smallest absolute Gasteiger partial charge is 0.244 e. The first-order valence-electron chi connectivity index (χ1n) is 6.03. The van der Waals surface area contributed by atoms with Crippen LogP contribution < -0.4 is 10.2 Å². The number of aromatic nitrogens is 6. The van der Waals surface area contributed by atoms with Crippen molar-refractivity contribution in [1.29, 1.82) is 0 Å². The van der Waals surface area contributed by atoms with Gasteiger partial charge in [-0.25, -0.2) is 9.67 Å². The number of aromatic amines is 1. The fourth-order valence-electron chi connectivity index (χ4n) is 2.08. The lowest BCUT2D eigenvalue weighted by Gasteiger charge is -2.30. The molecule has 1 fully saturated rings. The van der Waals surface area contributed by atoms with Gasteiger partial charge in [-0.05, 0) is 6.92 Å². The van der Waals surface area contributed by atoms with Gasteiger partial charge in [0, 0.05) is 25.7 Å². The number of piperazine rings is 1. The molecule has 1 saturated heterocycles. The zero-order valence-corrected chi connectivity index (χ0v) is 10.2. The molecule has 3 heterocycles. The highest BCUT2D eigenvalue weighted by molar-refractivity contribution is 5.30. The van der Waals surface area contributed by atoms with E-state index in [9.17, 15) is 0 Å². The molecule has 0 saturated carbocycles. The van der Waals surface area contributed by atoms with E-state index in [1.807, 2.05) is 0 Å². The molecule has 1 atom stereocenters. The molecule has 0 unspecified atom stereocenters. The van der Waals surface area contributed by atoms with Gasteiger partial charge in [-0.3, -0.25) is 5.10 Å². The van der Waals surface area contributed by atoms with Crippen LogP contribution in [0.2, 0.25) is 0 Å². The largest absolute Gasteiger partial charge is 0.337 e. The van der Waals surface area contributed by atoms with Gasteiger partial charge in [0.1, 0.15) is 25.0 Å². The topological polar surface area (TPSA) is 87.6 Å². The Morgan fingerprint density at radius 1 is 1.50 bits per heavy atom. The monoisotopic (exact) mass is 248 g/mol. The highest BCUT2D eigenvalue weighted by Gasteiger charge is 2.19. The molecule has 0 amide bonds. The van der Waals surface area contributed by atoms with Gasteiger partial charge in [-0.15, -0.1) is 5.10 Å². The predicted molar refractivity (Wildman–Crippen MR) is 65.2 cm³/mol. The molecular weight excluding hydrogens is 232 g/mol. The molecule has 0 radical (unpaired) electrons. The van der Waals surface area contributed by atoms with Crippen molar-refractivity contribution in [2.24, 2.45) is 0 Å². The summed E-state index contributed by atoms with van der Waals surface area (Å²) >= 11 is 0. The molecule has 18 heavy (non-hydrogen) atoms. The van der Waals surface area contributed by atoms with Crippen LogP contribution in [0.5, 0.6) is 0 Å². The maximum atomic E-state index is 4.49. The van der Waals surface area contributed by atoms with Gasteiger partial charge >= 0.3 is 0 Å². The second kappa shape index (κ2) is 4.73. The van der Waals surface area contributed by atoms with Crippen LogP contribution in [-0.2, 0) is 6.54 Å². The zero-order valence-electron chi connectivity index (χ0n) is 10.2. The maximum Gasteiger partial charge on any atom is 0.244 e. The summed E-state index contributed by atoms with van der Waals surface area (Å²) in [5.41, 5.74) is 0. The normalized spacial score (nSPS) is 20.3. The number of hydrogen-bond acceptors (Lipinski definition) is 6. The lowest BCUT2D eigenvalue weighted by atomic mass is 10.2. The number of hydrogen-bond donors (Lipinski definition) is 2. The third-order valence-corrected chi connectivity index (χ3v) is 2.95. The molecule has 2 aromatic rings. The minimum absolute atomic E-state index is 0.469. The van der Waals surface area contributed by atoms with Gasteiger partial charge in [0.25, 0.3) is 0 Å². The minimum Gasteiger partial charge on any atom is -0.337 e. The molecule has 0 bridgehead atoms. The van der Waals surface area contributed by atoms with Crippen LogP contribution in [0.4, 0.5) is 5.95 Å². The van der Waals surface area contributed by atoms with Crippen molar-refractivity contribution in [2.45, 2.75) is 19.5 Å². The lowest BCUT2D eigenvalue weighted by Crippen LogP contribution is -2.49. The first-order valence-corrected chi connectivity index (χ1v) is 6.03. The number of H-pyrrole nitrogens is 1. The van der Waals surface area contributed by atoms with Gasteiger partial charge in [0.15, 0.2) is 0 Å². The molecule has 96 valence electrons. The SMILES string of the molecule is C[C@@H]1CN(c2n[nH]c(Cn3cncn3)n2)CCN1. The number of nitrogens with zero attached hydrogens (tertiary/aromatic N) is 6. The molecule has 3 rings (SSSR count). The molecule has 0 aliphatic carbocycles. The molecule has 8 nitrogen and oxygen atoms in total. The van der Waals surface area contributed by atoms with Gasteiger partial charge in [-0.1, -0.05) is 0 Å². The van der Waals surface area contributed by atoms with Crippen LogP contribution in [0.15, 0.2) is 12.7 Å². The second-order valence-corrected chi connectivity index (χ2v) is 4.48. The molecule has 2 aromatic heterocycles. The summed E-state index contributed by atoms with van der Waals surface area (Å²) in [5, 5.41) is 14.6. The van der Waals surface area contributed by atoms with Crippen molar-refractivity contribution < 1.29 is 0 Å². The van der Waals surface area contributed by atoms with Gasteiger partial charge in [0.2, 0.25) is 5.95 Å². The minimum atomic E-state index is 0.469. The summed E-state index contributed by atoms with van der Waals surface area (Å²) in [6, 6.07) is 0.469. The summed E-state index contributed by atoms with van der Waals surface area (Å²) < 4.78 is 1.71. The van der Waals surface area contributed by atoms with E-state index in [4.69, 9.17) is 0 Å². The van der Waals surface area contributed by atoms with E-state index in [1.165, 1.54) is 6.33 Å². The summed E-state index contributed by atoms with van der Waals surface area (Å²) in [4.78, 5) is 10.6. The number of anilines is 1. The predicted octanol–water partition coefficient (Wildman–Crippen LogP) is -0.757. The van der Waals surface area contributed by atoms with E-state index in [0.29, 0.717) is 12.6 Å². The van der Waals surface area contributed by atoms with Crippen molar-refractivity contribution in [2.75, 3.05) is 24.5 Å². The van der Waals surface area contributed by atoms with Crippen LogP contribution in [-0.4, -0.2) is 55.6 Å². The Morgan fingerprint density at radius 3 is 3.22 bits per heavy atom. The average molecular weight is 248 g/mol. The summed E-state index contributed by atoms with van der Waals surface area (Å²) in [6.07, 6.45) is 3.17. The Morgan fingerprint density at radius 2 is 2.44 bits per heavy atom. The third kappa shape index (κ3) is 2.33. The van der Waals surface area contributed by atoms with Gasteiger partial charge in [-0.2, -0.15) is 10.1 Å². The van der Waals surface area contributed by atoms with Crippen LogP contribution in [0, 0.1) is 0 Å². The Kier molecular flexibility index (Phi) is 2.93. The second-order valence-electron chi connectivity index (χ2n) is 4.48. The Labute approximate surface area is 104 Å². The number of rotatable bonds is 3. The van der Waals surface area contributed by atoms with Crippen LogP contribution in [0.1, 0.15) is 12.7 Å². The highest BCUT2D eigenvalue weighted by Crippen LogP contribution is 2.10.